The number of nitrogens with zero attached hydrogens (tertiary/aromatic N) is 1. The molecule has 6 heteroatoms. The fourth-order valence-electron chi connectivity index (χ4n) is 2.78. The first-order chi connectivity index (χ1) is 10.1. The molecule has 1 aromatic carbocycles. The zero-order valence-corrected chi connectivity index (χ0v) is 13.0. The molecule has 1 aliphatic rings. The van der Waals surface area contributed by atoms with Crippen molar-refractivity contribution in [2.45, 2.75) is 38.8 Å². The standard InChI is InChI=1S/C15H19N3O2S/c1-9(2)20-12-5-3-4-11-14(12)17-15(21)18(11)10-6-7-13(19)16-8-10/h3-5,9-10H,6-8H2,1-2H3,(H,16,19)(H,17,21). The highest BCUT2D eigenvalue weighted by Crippen LogP contribution is 2.29. The van der Waals surface area contributed by atoms with E-state index in [0.29, 0.717) is 17.7 Å². The van der Waals surface area contributed by atoms with E-state index in [2.05, 4.69) is 14.9 Å². The Hall–Kier alpha value is -1.82. The third kappa shape index (κ3) is 2.68. The molecular weight excluding hydrogens is 286 g/mol. The van der Waals surface area contributed by atoms with Crippen LogP contribution < -0.4 is 10.1 Å². The van der Waals surface area contributed by atoms with Gasteiger partial charge in [-0.1, -0.05) is 6.07 Å². The number of imidazole rings is 1. The van der Waals surface area contributed by atoms with E-state index in [1.165, 1.54) is 0 Å². The maximum absolute atomic E-state index is 11.3. The van der Waals surface area contributed by atoms with E-state index >= 15 is 0 Å². The highest BCUT2D eigenvalue weighted by atomic mass is 32.1. The number of hydrogen-bond acceptors (Lipinski definition) is 3. The summed E-state index contributed by atoms with van der Waals surface area (Å²) in [5.74, 6) is 0.925. The van der Waals surface area contributed by atoms with Crippen LogP contribution in [-0.2, 0) is 4.79 Å². The average Bonchev–Trinajstić information content (AvgIpc) is 2.77. The lowest BCUT2D eigenvalue weighted by atomic mass is 10.1. The molecule has 1 aromatic heterocycles. The van der Waals surface area contributed by atoms with Gasteiger partial charge in [-0.15, -0.1) is 0 Å². The third-order valence-electron chi connectivity index (χ3n) is 3.68. The first-order valence-corrected chi connectivity index (χ1v) is 7.63. The van der Waals surface area contributed by atoms with Gasteiger partial charge in [-0.3, -0.25) is 4.79 Å². The summed E-state index contributed by atoms with van der Waals surface area (Å²) in [4.78, 5) is 14.6. The fourth-order valence-corrected chi connectivity index (χ4v) is 3.13. The van der Waals surface area contributed by atoms with Gasteiger partial charge in [-0.25, -0.2) is 0 Å². The van der Waals surface area contributed by atoms with E-state index < -0.39 is 0 Å². The van der Waals surface area contributed by atoms with Gasteiger partial charge in [0.2, 0.25) is 5.91 Å². The minimum absolute atomic E-state index is 0.106. The molecule has 1 atom stereocenters. The average molecular weight is 305 g/mol. The smallest absolute Gasteiger partial charge is 0.220 e. The number of piperidine rings is 1. The van der Waals surface area contributed by atoms with Crippen molar-refractivity contribution in [1.29, 1.82) is 0 Å². The number of amides is 1. The highest BCUT2D eigenvalue weighted by molar-refractivity contribution is 7.71. The molecule has 2 aromatic rings. The second-order valence-electron chi connectivity index (χ2n) is 5.61. The Morgan fingerprint density at radius 2 is 2.24 bits per heavy atom. The van der Waals surface area contributed by atoms with Crippen molar-refractivity contribution in [3.63, 3.8) is 0 Å². The lowest BCUT2D eigenvalue weighted by molar-refractivity contribution is -0.122. The maximum atomic E-state index is 11.3. The zero-order chi connectivity index (χ0) is 15.0. The number of hydrogen-bond donors (Lipinski definition) is 2. The van der Waals surface area contributed by atoms with Crippen LogP contribution in [0.3, 0.4) is 0 Å². The molecule has 0 spiro atoms. The minimum Gasteiger partial charge on any atom is -0.489 e. The highest BCUT2D eigenvalue weighted by Gasteiger charge is 2.22. The van der Waals surface area contributed by atoms with Crippen molar-refractivity contribution < 1.29 is 9.53 Å². The number of H-pyrrole nitrogens is 1. The Labute approximate surface area is 128 Å². The topological polar surface area (TPSA) is 59.0 Å². The quantitative estimate of drug-likeness (QED) is 0.857. The van der Waals surface area contributed by atoms with Gasteiger partial charge in [0.1, 0.15) is 11.3 Å². The van der Waals surface area contributed by atoms with Crippen molar-refractivity contribution in [2.24, 2.45) is 0 Å². The van der Waals surface area contributed by atoms with Crippen LogP contribution in [0.2, 0.25) is 0 Å². The van der Waals surface area contributed by atoms with E-state index in [0.717, 1.165) is 23.2 Å². The van der Waals surface area contributed by atoms with Crippen molar-refractivity contribution in [3.8, 4) is 5.75 Å². The molecule has 0 aliphatic carbocycles. The first kappa shape index (κ1) is 14.1. The molecule has 2 N–H and O–H groups in total. The number of ether oxygens (including phenoxy) is 1. The van der Waals surface area contributed by atoms with Gasteiger partial charge >= 0.3 is 0 Å². The van der Waals surface area contributed by atoms with E-state index in [-0.39, 0.29) is 18.1 Å². The van der Waals surface area contributed by atoms with E-state index in [1.807, 2.05) is 32.0 Å². The maximum Gasteiger partial charge on any atom is 0.220 e. The van der Waals surface area contributed by atoms with E-state index in [4.69, 9.17) is 17.0 Å². The molecule has 3 rings (SSSR count). The number of fused-ring (bicyclic) bond motifs is 1. The number of benzene rings is 1. The van der Waals surface area contributed by atoms with Crippen LogP contribution >= 0.6 is 12.2 Å². The molecule has 21 heavy (non-hydrogen) atoms. The van der Waals surface area contributed by atoms with E-state index in [9.17, 15) is 4.79 Å². The summed E-state index contributed by atoms with van der Waals surface area (Å²) in [5.41, 5.74) is 1.95. The molecule has 112 valence electrons. The van der Waals surface area contributed by atoms with Gasteiger partial charge in [0.15, 0.2) is 4.77 Å². The van der Waals surface area contributed by atoms with Crippen molar-refractivity contribution in [2.75, 3.05) is 6.54 Å². The second kappa shape index (κ2) is 5.52. The molecule has 0 radical (unpaired) electrons. The van der Waals surface area contributed by atoms with Gasteiger partial charge in [0, 0.05) is 13.0 Å². The monoisotopic (exact) mass is 305 g/mol. The van der Waals surface area contributed by atoms with Gasteiger partial charge in [-0.05, 0) is 44.6 Å². The lowest BCUT2D eigenvalue weighted by Gasteiger charge is -2.24. The van der Waals surface area contributed by atoms with Crippen LogP contribution in [0.25, 0.3) is 11.0 Å². The lowest BCUT2D eigenvalue weighted by Crippen LogP contribution is -2.36. The molecule has 2 heterocycles. The summed E-state index contributed by atoms with van der Waals surface area (Å²) in [7, 11) is 0. The number of aromatic amines is 1. The van der Waals surface area contributed by atoms with Crippen molar-refractivity contribution >= 4 is 29.2 Å². The summed E-state index contributed by atoms with van der Waals surface area (Å²) in [6, 6.07) is 6.14. The van der Waals surface area contributed by atoms with Gasteiger partial charge in [-0.2, -0.15) is 0 Å². The van der Waals surface area contributed by atoms with Gasteiger partial charge in [0.05, 0.1) is 17.7 Å². The minimum atomic E-state index is 0.106. The fraction of sp³-hybridized carbons (Fsp3) is 0.467. The molecule has 1 saturated heterocycles. The Kier molecular flexibility index (Phi) is 3.71. The van der Waals surface area contributed by atoms with Crippen LogP contribution in [-0.4, -0.2) is 28.1 Å². The van der Waals surface area contributed by atoms with E-state index in [1.54, 1.807) is 0 Å². The van der Waals surface area contributed by atoms with Crippen molar-refractivity contribution in [3.05, 3.63) is 23.0 Å². The summed E-state index contributed by atoms with van der Waals surface area (Å²) in [5, 5.41) is 2.91. The summed E-state index contributed by atoms with van der Waals surface area (Å²) < 4.78 is 8.61. The number of rotatable bonds is 3. The Morgan fingerprint density at radius 1 is 1.43 bits per heavy atom. The Balaban J connectivity index is 2.05. The summed E-state index contributed by atoms with van der Waals surface area (Å²) in [6.07, 6.45) is 1.46. The molecule has 1 amide bonds. The number of aromatic nitrogens is 2. The molecule has 1 fully saturated rings. The predicted octanol–water partition coefficient (Wildman–Crippen LogP) is 2.94. The molecule has 1 unspecified atom stereocenters. The SMILES string of the molecule is CC(C)Oc1cccc2c1[nH]c(=S)n2C1CCC(=O)NC1. The van der Waals surface area contributed by atoms with Crippen LogP contribution in [0.5, 0.6) is 5.75 Å². The zero-order valence-electron chi connectivity index (χ0n) is 12.2. The molecule has 1 aliphatic heterocycles. The number of nitrogens with one attached hydrogen (secondary N) is 2. The van der Waals surface area contributed by atoms with Crippen molar-refractivity contribution in [1.82, 2.24) is 14.9 Å². The third-order valence-corrected chi connectivity index (χ3v) is 3.98. The molecule has 0 bridgehead atoms. The van der Waals surface area contributed by atoms with Gasteiger partial charge < -0.3 is 19.6 Å². The molecule has 0 saturated carbocycles. The van der Waals surface area contributed by atoms with Crippen LogP contribution in [0.4, 0.5) is 0 Å². The second-order valence-corrected chi connectivity index (χ2v) is 6.00. The number of carbonyl (C=O) groups is 1. The van der Waals surface area contributed by atoms with Crippen LogP contribution in [0.15, 0.2) is 18.2 Å². The number of para-hydroxylation sites is 1. The molecular formula is C15H19N3O2S. The van der Waals surface area contributed by atoms with Crippen LogP contribution in [0.1, 0.15) is 32.7 Å². The largest absolute Gasteiger partial charge is 0.489 e. The summed E-state index contributed by atoms with van der Waals surface area (Å²) >= 11 is 5.48. The predicted molar refractivity (Wildman–Crippen MR) is 84.2 cm³/mol. The normalized spacial score (nSPS) is 19.0. The van der Waals surface area contributed by atoms with Gasteiger partial charge in [0.25, 0.3) is 0 Å². The first-order valence-electron chi connectivity index (χ1n) is 7.23. The number of carbonyl (C=O) groups excluding carboxylic acids is 1. The molecule has 5 nitrogen and oxygen atoms in total. The summed E-state index contributed by atoms with van der Waals surface area (Å²) in [6.45, 7) is 4.62. The Morgan fingerprint density at radius 3 is 2.90 bits per heavy atom. The Bertz CT molecular complexity index is 722. The van der Waals surface area contributed by atoms with Crippen LogP contribution in [0, 0.1) is 4.77 Å².